The van der Waals surface area contributed by atoms with E-state index in [1.807, 2.05) is 37.3 Å². The minimum atomic E-state index is -0.336. The quantitative estimate of drug-likeness (QED) is 0.351. The van der Waals surface area contributed by atoms with Crippen LogP contribution in [0.5, 0.6) is 0 Å². The Kier molecular flexibility index (Phi) is 6.25. The first kappa shape index (κ1) is 22.9. The van der Waals surface area contributed by atoms with Crippen LogP contribution in [0.3, 0.4) is 0 Å². The van der Waals surface area contributed by atoms with E-state index < -0.39 is 0 Å². The zero-order valence-corrected chi connectivity index (χ0v) is 21.4. The van der Waals surface area contributed by atoms with Gasteiger partial charge in [0.2, 0.25) is 0 Å². The predicted molar refractivity (Wildman–Crippen MR) is 140 cm³/mol. The number of ether oxygens (including phenoxy) is 1. The highest BCUT2D eigenvalue weighted by Crippen LogP contribution is 2.61. The average molecular weight is 483 g/mol. The third-order valence-corrected chi connectivity index (χ3v) is 9.54. The van der Waals surface area contributed by atoms with Gasteiger partial charge in [-0.05, 0) is 92.8 Å². The van der Waals surface area contributed by atoms with E-state index in [0.717, 1.165) is 45.2 Å². The second-order valence-electron chi connectivity index (χ2n) is 10.4. The van der Waals surface area contributed by atoms with Gasteiger partial charge in [-0.3, -0.25) is 0 Å². The average Bonchev–Trinajstić information content (AvgIpc) is 3.11. The lowest BCUT2D eigenvalue weighted by Gasteiger charge is -2.59. The van der Waals surface area contributed by atoms with E-state index >= 15 is 0 Å². The van der Waals surface area contributed by atoms with Crippen molar-refractivity contribution >= 4 is 39.6 Å². The molecule has 0 amide bonds. The third-order valence-electron chi connectivity index (χ3n) is 8.30. The van der Waals surface area contributed by atoms with Gasteiger partial charge in [0, 0.05) is 16.5 Å². The van der Waals surface area contributed by atoms with E-state index in [1.165, 1.54) is 45.6 Å². The van der Waals surface area contributed by atoms with Gasteiger partial charge in [0.05, 0.1) is 7.11 Å². The summed E-state index contributed by atoms with van der Waals surface area (Å²) in [5, 5.41) is 8.47. The highest BCUT2D eigenvalue weighted by Gasteiger charge is 2.53. The largest absolute Gasteiger partial charge is 0.465 e. The Morgan fingerprint density at radius 2 is 1.76 bits per heavy atom. The SMILES string of the molecule is CCC(NC(=S)Nc1sc(C)c(-c2ccccc2)c1C(=O)OC)C12CC3CC(CC(C3)C1)C2. The molecule has 1 aromatic heterocycles. The molecule has 2 aromatic rings. The number of thiocarbonyl (C=S) groups is 1. The van der Waals surface area contributed by atoms with Gasteiger partial charge in [0.1, 0.15) is 10.6 Å². The number of aryl methyl sites for hydroxylation is 1. The highest BCUT2D eigenvalue weighted by molar-refractivity contribution is 7.80. The summed E-state index contributed by atoms with van der Waals surface area (Å²) >= 11 is 7.38. The first-order chi connectivity index (χ1) is 15.9. The fraction of sp³-hybridized carbons (Fsp3) is 0.556. The van der Waals surface area contributed by atoms with E-state index in [0.29, 0.717) is 22.1 Å². The van der Waals surface area contributed by atoms with Crippen molar-refractivity contribution in [3.05, 3.63) is 40.8 Å². The number of anilines is 1. The maximum Gasteiger partial charge on any atom is 0.341 e. The molecule has 4 bridgehead atoms. The van der Waals surface area contributed by atoms with Crippen LogP contribution >= 0.6 is 23.6 Å². The molecule has 4 fully saturated rings. The molecule has 176 valence electrons. The summed E-state index contributed by atoms with van der Waals surface area (Å²) in [5.41, 5.74) is 2.88. The molecule has 1 aromatic carbocycles. The number of hydrogen-bond donors (Lipinski definition) is 2. The second-order valence-corrected chi connectivity index (χ2v) is 12.1. The van der Waals surface area contributed by atoms with E-state index in [2.05, 4.69) is 17.6 Å². The zero-order valence-electron chi connectivity index (χ0n) is 19.8. The molecule has 1 heterocycles. The van der Waals surface area contributed by atoms with Gasteiger partial charge in [-0.15, -0.1) is 11.3 Å². The number of nitrogens with one attached hydrogen (secondary N) is 2. The first-order valence-electron chi connectivity index (χ1n) is 12.3. The normalized spacial score (nSPS) is 28.4. The van der Waals surface area contributed by atoms with Crippen LogP contribution in [0.15, 0.2) is 30.3 Å². The molecule has 4 saturated carbocycles. The number of carbonyl (C=O) groups is 1. The summed E-state index contributed by atoms with van der Waals surface area (Å²) in [6, 6.07) is 10.4. The van der Waals surface area contributed by atoms with Crippen LogP contribution in [0.2, 0.25) is 0 Å². The maximum absolute atomic E-state index is 12.8. The van der Waals surface area contributed by atoms with E-state index in [1.54, 1.807) is 11.3 Å². The topological polar surface area (TPSA) is 50.4 Å². The van der Waals surface area contributed by atoms with Gasteiger partial charge < -0.3 is 15.4 Å². The lowest BCUT2D eigenvalue weighted by molar-refractivity contribution is -0.0710. The number of thiophene rings is 1. The Morgan fingerprint density at radius 3 is 2.30 bits per heavy atom. The summed E-state index contributed by atoms with van der Waals surface area (Å²) in [5.74, 6) is 2.39. The van der Waals surface area contributed by atoms with Gasteiger partial charge in [-0.25, -0.2) is 4.79 Å². The van der Waals surface area contributed by atoms with Gasteiger partial charge in [-0.2, -0.15) is 0 Å². The molecule has 1 unspecified atom stereocenters. The molecule has 6 heteroatoms. The van der Waals surface area contributed by atoms with Crippen molar-refractivity contribution in [2.45, 2.75) is 64.8 Å². The fourth-order valence-corrected chi connectivity index (χ4v) is 8.85. The Labute approximate surface area is 206 Å². The van der Waals surface area contributed by atoms with E-state index in [9.17, 15) is 4.79 Å². The molecular weight excluding hydrogens is 448 g/mol. The number of benzene rings is 1. The minimum Gasteiger partial charge on any atom is -0.465 e. The van der Waals surface area contributed by atoms with Gasteiger partial charge in [-0.1, -0.05) is 37.3 Å². The molecule has 0 radical (unpaired) electrons. The molecule has 2 N–H and O–H groups in total. The van der Waals surface area contributed by atoms with Crippen molar-refractivity contribution in [3.8, 4) is 11.1 Å². The molecule has 0 saturated heterocycles. The van der Waals surface area contributed by atoms with Crippen molar-refractivity contribution in [3.63, 3.8) is 0 Å². The molecule has 4 aliphatic rings. The van der Waals surface area contributed by atoms with Gasteiger partial charge >= 0.3 is 5.97 Å². The van der Waals surface area contributed by atoms with E-state index in [4.69, 9.17) is 17.0 Å². The molecule has 1 atom stereocenters. The van der Waals surface area contributed by atoms with Crippen LogP contribution in [0.4, 0.5) is 5.00 Å². The number of methoxy groups -OCH3 is 1. The Balaban J connectivity index is 1.38. The fourth-order valence-electron chi connectivity index (χ4n) is 7.47. The lowest BCUT2D eigenvalue weighted by Crippen LogP contribution is -2.57. The van der Waals surface area contributed by atoms with Crippen LogP contribution in [-0.2, 0) is 4.74 Å². The minimum absolute atomic E-state index is 0.336. The number of hydrogen-bond acceptors (Lipinski definition) is 4. The van der Waals surface area contributed by atoms with Gasteiger partial charge in [0.25, 0.3) is 0 Å². The maximum atomic E-state index is 12.8. The van der Waals surface area contributed by atoms with Crippen LogP contribution in [0.1, 0.15) is 67.1 Å². The van der Waals surface area contributed by atoms with Crippen molar-refractivity contribution in [1.82, 2.24) is 5.32 Å². The number of esters is 1. The van der Waals surface area contributed by atoms with Crippen LogP contribution in [0.25, 0.3) is 11.1 Å². The Bertz CT molecular complexity index is 1010. The summed E-state index contributed by atoms with van der Waals surface area (Å²) in [6.07, 6.45) is 9.42. The van der Waals surface area contributed by atoms with Crippen LogP contribution < -0.4 is 10.6 Å². The van der Waals surface area contributed by atoms with Crippen molar-refractivity contribution in [2.75, 3.05) is 12.4 Å². The van der Waals surface area contributed by atoms with E-state index in [-0.39, 0.29) is 5.97 Å². The zero-order chi connectivity index (χ0) is 23.2. The molecule has 0 spiro atoms. The molecule has 33 heavy (non-hydrogen) atoms. The summed E-state index contributed by atoms with van der Waals surface area (Å²) in [6.45, 7) is 4.33. The molecule has 4 aliphatic carbocycles. The smallest absolute Gasteiger partial charge is 0.341 e. The summed E-state index contributed by atoms with van der Waals surface area (Å²) in [7, 11) is 1.44. The number of carbonyl (C=O) groups excluding carboxylic acids is 1. The second kappa shape index (κ2) is 9.03. The Morgan fingerprint density at radius 1 is 1.15 bits per heavy atom. The summed E-state index contributed by atoms with van der Waals surface area (Å²) in [4.78, 5) is 13.9. The summed E-state index contributed by atoms with van der Waals surface area (Å²) < 4.78 is 5.16. The monoisotopic (exact) mass is 482 g/mol. The van der Waals surface area contributed by atoms with Crippen LogP contribution in [0, 0.1) is 30.1 Å². The molecular formula is C27H34N2O2S2. The molecule has 0 aliphatic heterocycles. The molecule has 4 nitrogen and oxygen atoms in total. The van der Waals surface area contributed by atoms with Crippen molar-refractivity contribution in [1.29, 1.82) is 0 Å². The third kappa shape index (κ3) is 4.21. The van der Waals surface area contributed by atoms with Crippen LogP contribution in [-0.4, -0.2) is 24.2 Å². The molecule has 6 rings (SSSR count). The van der Waals surface area contributed by atoms with Gasteiger partial charge in [0.15, 0.2) is 5.11 Å². The van der Waals surface area contributed by atoms with Crippen molar-refractivity contribution < 1.29 is 9.53 Å². The number of rotatable bonds is 6. The van der Waals surface area contributed by atoms with Crippen molar-refractivity contribution in [2.24, 2.45) is 23.2 Å². The highest BCUT2D eigenvalue weighted by atomic mass is 32.1. The standard InChI is InChI=1S/C27H34N2O2S2/c1-4-21(27-13-17-10-18(14-27)12-19(11-17)15-27)28-26(32)29-24-23(25(30)31-3)22(16(2)33-24)20-8-6-5-7-9-20/h5-9,17-19,21H,4,10-15H2,1-3H3,(H2,28,29,32). The Hall–Kier alpha value is -1.92. The lowest BCUT2D eigenvalue weighted by atomic mass is 9.47. The first-order valence-corrected chi connectivity index (χ1v) is 13.5. The predicted octanol–water partition coefficient (Wildman–Crippen LogP) is 6.79.